The molecule has 0 saturated heterocycles. The van der Waals surface area contributed by atoms with Crippen LogP contribution < -0.4 is 0 Å². The van der Waals surface area contributed by atoms with Crippen LogP contribution in [0.15, 0.2) is 23.0 Å². The molecule has 1 aromatic rings. The van der Waals surface area contributed by atoms with Crippen molar-refractivity contribution in [3.63, 3.8) is 0 Å². The van der Waals surface area contributed by atoms with E-state index in [-0.39, 0.29) is 11.8 Å². The summed E-state index contributed by atoms with van der Waals surface area (Å²) in [4.78, 5) is 28.6. The van der Waals surface area contributed by atoms with Crippen LogP contribution in [0.2, 0.25) is 0 Å². The number of carbonyl (C=O) groups is 2. The number of carbonyl (C=O) groups excluding carboxylic acids is 2. The van der Waals surface area contributed by atoms with Crippen molar-refractivity contribution in [2.75, 3.05) is 19.6 Å². The molecule has 22 heavy (non-hydrogen) atoms. The van der Waals surface area contributed by atoms with Crippen LogP contribution in [0.5, 0.6) is 0 Å². The highest BCUT2D eigenvalue weighted by Gasteiger charge is 2.33. The molecule has 5 heteroatoms. The minimum absolute atomic E-state index is 0.0263. The van der Waals surface area contributed by atoms with Crippen molar-refractivity contribution >= 4 is 11.8 Å². The molecule has 5 nitrogen and oxygen atoms in total. The fourth-order valence-corrected chi connectivity index (χ4v) is 2.66. The summed E-state index contributed by atoms with van der Waals surface area (Å²) in [5, 5.41) is 0. The third kappa shape index (κ3) is 4.36. The highest BCUT2D eigenvalue weighted by molar-refractivity contribution is 5.94. The van der Waals surface area contributed by atoms with E-state index in [9.17, 15) is 9.59 Å². The van der Waals surface area contributed by atoms with Gasteiger partial charge in [-0.15, -0.1) is 0 Å². The molecule has 1 fully saturated rings. The summed E-state index contributed by atoms with van der Waals surface area (Å²) in [5.41, 5.74) is 0.568. The maximum absolute atomic E-state index is 12.5. The van der Waals surface area contributed by atoms with Crippen molar-refractivity contribution in [2.24, 2.45) is 0 Å². The number of nitrogens with zero attached hydrogens (tertiary/aromatic N) is 2. The average Bonchev–Trinajstić information content (AvgIpc) is 3.19. The Balaban J connectivity index is 1.91. The summed E-state index contributed by atoms with van der Waals surface area (Å²) in [6, 6.07) is 1.97. The van der Waals surface area contributed by atoms with E-state index in [1.165, 1.54) is 12.5 Å². The number of rotatable bonds is 9. The van der Waals surface area contributed by atoms with Crippen molar-refractivity contribution < 1.29 is 14.0 Å². The van der Waals surface area contributed by atoms with Crippen LogP contribution in [-0.2, 0) is 4.79 Å². The summed E-state index contributed by atoms with van der Waals surface area (Å²) in [7, 11) is 0. The Morgan fingerprint density at radius 3 is 2.36 bits per heavy atom. The second-order valence-corrected chi connectivity index (χ2v) is 5.87. The van der Waals surface area contributed by atoms with Gasteiger partial charge in [-0.1, -0.05) is 13.8 Å². The molecule has 0 bridgehead atoms. The summed E-state index contributed by atoms with van der Waals surface area (Å²) in [6.45, 7) is 6.25. The minimum atomic E-state index is -0.0263. The van der Waals surface area contributed by atoms with E-state index in [4.69, 9.17) is 4.42 Å². The summed E-state index contributed by atoms with van der Waals surface area (Å²) >= 11 is 0. The number of amides is 2. The topological polar surface area (TPSA) is 53.8 Å². The van der Waals surface area contributed by atoms with Gasteiger partial charge in [0.15, 0.2) is 0 Å². The molecule has 2 amide bonds. The van der Waals surface area contributed by atoms with Gasteiger partial charge in [0, 0.05) is 32.1 Å². The van der Waals surface area contributed by atoms with Crippen molar-refractivity contribution in [3.05, 3.63) is 24.2 Å². The smallest absolute Gasteiger partial charge is 0.257 e. The Kier molecular flexibility index (Phi) is 6.04. The first kappa shape index (κ1) is 16.6. The molecule has 0 aromatic carbocycles. The zero-order valence-corrected chi connectivity index (χ0v) is 13.6. The Morgan fingerprint density at radius 1 is 1.18 bits per heavy atom. The molecule has 0 spiro atoms. The Bertz CT molecular complexity index is 474. The van der Waals surface area contributed by atoms with Gasteiger partial charge in [0.25, 0.3) is 5.91 Å². The molecule has 1 heterocycles. The minimum Gasteiger partial charge on any atom is -0.472 e. The van der Waals surface area contributed by atoms with Crippen LogP contribution in [0.3, 0.4) is 0 Å². The van der Waals surface area contributed by atoms with Gasteiger partial charge < -0.3 is 14.2 Å². The normalized spacial score (nSPS) is 13.9. The zero-order valence-electron chi connectivity index (χ0n) is 13.6. The fraction of sp³-hybridized carbons (Fsp3) is 0.647. The van der Waals surface area contributed by atoms with Crippen LogP contribution in [0.1, 0.15) is 56.3 Å². The molecule has 0 radical (unpaired) electrons. The van der Waals surface area contributed by atoms with Gasteiger partial charge in [-0.2, -0.15) is 0 Å². The second-order valence-electron chi connectivity index (χ2n) is 5.87. The molecule has 2 rings (SSSR count). The molecule has 1 saturated carbocycles. The first-order valence-electron chi connectivity index (χ1n) is 8.28. The number of furan rings is 1. The van der Waals surface area contributed by atoms with Crippen molar-refractivity contribution in [1.29, 1.82) is 0 Å². The van der Waals surface area contributed by atoms with E-state index >= 15 is 0 Å². The SMILES string of the molecule is CCCN(CCC)C(=O)CCN(C(=O)c1ccoc1)C1CC1. The molecule has 1 aliphatic rings. The van der Waals surface area contributed by atoms with Crippen molar-refractivity contribution in [3.8, 4) is 0 Å². The molecule has 1 aromatic heterocycles. The fourth-order valence-electron chi connectivity index (χ4n) is 2.66. The lowest BCUT2D eigenvalue weighted by atomic mass is 10.2. The van der Waals surface area contributed by atoms with Crippen molar-refractivity contribution in [1.82, 2.24) is 9.80 Å². The lowest BCUT2D eigenvalue weighted by Crippen LogP contribution is -2.38. The summed E-state index contributed by atoms with van der Waals surface area (Å²) in [6.07, 6.45) is 7.38. The molecular formula is C17H26N2O3. The van der Waals surface area contributed by atoms with Crippen LogP contribution in [0, 0.1) is 0 Å². The van der Waals surface area contributed by atoms with E-state index < -0.39 is 0 Å². The highest BCUT2D eigenvalue weighted by atomic mass is 16.3. The molecule has 0 N–H and O–H groups in total. The van der Waals surface area contributed by atoms with Crippen molar-refractivity contribution in [2.45, 2.75) is 52.0 Å². The molecule has 0 unspecified atom stereocenters. The lowest BCUT2D eigenvalue weighted by molar-refractivity contribution is -0.131. The van der Waals surface area contributed by atoms with Crippen LogP contribution >= 0.6 is 0 Å². The molecule has 122 valence electrons. The van der Waals surface area contributed by atoms with Gasteiger partial charge >= 0.3 is 0 Å². The molecule has 0 atom stereocenters. The Morgan fingerprint density at radius 2 is 1.86 bits per heavy atom. The molecule has 0 aliphatic heterocycles. The molecule has 1 aliphatic carbocycles. The van der Waals surface area contributed by atoms with E-state index in [0.29, 0.717) is 24.6 Å². The van der Waals surface area contributed by atoms with Gasteiger partial charge in [0.2, 0.25) is 5.91 Å². The third-order valence-corrected chi connectivity index (χ3v) is 3.92. The predicted octanol–water partition coefficient (Wildman–Crippen LogP) is 2.92. The zero-order chi connectivity index (χ0) is 15.9. The van der Waals surface area contributed by atoms with Crippen LogP contribution in [0.4, 0.5) is 0 Å². The average molecular weight is 306 g/mol. The standard InChI is InChI=1S/C17H26N2O3/c1-3-9-18(10-4-2)16(20)7-11-19(15-5-6-15)17(21)14-8-12-22-13-14/h8,12-13,15H,3-7,9-11H2,1-2H3. The van der Waals surface area contributed by atoms with Crippen LogP contribution in [0.25, 0.3) is 0 Å². The highest BCUT2D eigenvalue weighted by Crippen LogP contribution is 2.28. The first-order valence-corrected chi connectivity index (χ1v) is 8.28. The quantitative estimate of drug-likeness (QED) is 0.705. The second kappa shape index (κ2) is 8.01. The number of hydrogen-bond acceptors (Lipinski definition) is 3. The summed E-state index contributed by atoms with van der Waals surface area (Å²) in [5.74, 6) is 0.121. The van der Waals surface area contributed by atoms with E-state index in [1.54, 1.807) is 6.07 Å². The maximum atomic E-state index is 12.5. The van der Waals surface area contributed by atoms with Gasteiger partial charge in [-0.3, -0.25) is 9.59 Å². The van der Waals surface area contributed by atoms with E-state index in [1.807, 2.05) is 9.80 Å². The van der Waals surface area contributed by atoms with Gasteiger partial charge in [-0.05, 0) is 31.7 Å². The largest absolute Gasteiger partial charge is 0.472 e. The lowest BCUT2D eigenvalue weighted by Gasteiger charge is -2.25. The summed E-state index contributed by atoms with van der Waals surface area (Å²) < 4.78 is 4.99. The Labute approximate surface area is 132 Å². The van der Waals surface area contributed by atoms with Gasteiger partial charge in [-0.25, -0.2) is 0 Å². The predicted molar refractivity (Wildman–Crippen MR) is 84.5 cm³/mol. The van der Waals surface area contributed by atoms with Gasteiger partial charge in [0.1, 0.15) is 6.26 Å². The number of hydrogen-bond donors (Lipinski definition) is 0. The van der Waals surface area contributed by atoms with E-state index in [0.717, 1.165) is 38.8 Å². The van der Waals surface area contributed by atoms with E-state index in [2.05, 4.69) is 13.8 Å². The van der Waals surface area contributed by atoms with Gasteiger partial charge in [0.05, 0.1) is 11.8 Å². The molecular weight excluding hydrogens is 280 g/mol. The first-order chi connectivity index (χ1) is 10.7. The Hall–Kier alpha value is -1.78. The maximum Gasteiger partial charge on any atom is 0.257 e. The monoisotopic (exact) mass is 306 g/mol. The third-order valence-electron chi connectivity index (χ3n) is 3.92. The van der Waals surface area contributed by atoms with Crippen LogP contribution in [-0.4, -0.2) is 47.3 Å².